The highest BCUT2D eigenvalue weighted by molar-refractivity contribution is 7.89. The Morgan fingerprint density at radius 3 is 2.44 bits per heavy atom. The maximum atomic E-state index is 12.6. The number of carbonyl (C=O) groups excluding carboxylic acids is 2. The molecule has 148 valence electrons. The molecule has 1 heterocycles. The van der Waals surface area contributed by atoms with E-state index in [4.69, 9.17) is 4.74 Å². The second kappa shape index (κ2) is 9.63. The molecule has 0 radical (unpaired) electrons. The molecular weight excluding hydrogens is 370 g/mol. The molecule has 0 spiro atoms. The van der Waals surface area contributed by atoms with E-state index in [0.717, 1.165) is 0 Å². The monoisotopic (exact) mass is 395 g/mol. The number of benzene rings is 1. The highest BCUT2D eigenvalue weighted by atomic mass is 32.2. The normalized spacial score (nSPS) is 15.1. The van der Waals surface area contributed by atoms with E-state index in [1.165, 1.54) is 35.5 Å². The molecule has 9 heteroatoms. The van der Waals surface area contributed by atoms with Gasteiger partial charge < -0.3 is 15.0 Å². The average molecular weight is 395 g/mol. The number of amides is 2. The first-order valence-corrected chi connectivity index (χ1v) is 10.1. The summed E-state index contributed by atoms with van der Waals surface area (Å²) in [6.07, 6.45) is 1.62. The van der Waals surface area contributed by atoms with E-state index < -0.39 is 10.0 Å². The Labute approximate surface area is 159 Å². The molecule has 27 heavy (non-hydrogen) atoms. The largest absolute Gasteiger partial charge is 0.379 e. The fraction of sp³-hybridized carbons (Fsp3) is 0.444. The molecule has 1 aromatic rings. The Morgan fingerprint density at radius 1 is 1.26 bits per heavy atom. The number of hydrogen-bond donors (Lipinski definition) is 1. The van der Waals surface area contributed by atoms with E-state index in [1.807, 2.05) is 0 Å². The molecule has 0 aliphatic carbocycles. The van der Waals surface area contributed by atoms with Crippen LogP contribution in [0, 0.1) is 0 Å². The van der Waals surface area contributed by atoms with Gasteiger partial charge >= 0.3 is 0 Å². The van der Waals surface area contributed by atoms with Crippen LogP contribution in [-0.2, 0) is 19.6 Å². The van der Waals surface area contributed by atoms with Crippen molar-refractivity contribution in [3.63, 3.8) is 0 Å². The number of sulfonamides is 1. The van der Waals surface area contributed by atoms with Crippen molar-refractivity contribution < 1.29 is 22.7 Å². The van der Waals surface area contributed by atoms with Crippen LogP contribution in [-0.4, -0.2) is 75.4 Å². The molecule has 1 aromatic carbocycles. The predicted molar refractivity (Wildman–Crippen MR) is 101 cm³/mol. The lowest BCUT2D eigenvalue weighted by atomic mass is 10.2. The fourth-order valence-corrected chi connectivity index (χ4v) is 4.06. The summed E-state index contributed by atoms with van der Waals surface area (Å²) in [4.78, 5) is 25.4. The molecule has 1 saturated heterocycles. The van der Waals surface area contributed by atoms with Crippen LogP contribution in [0.3, 0.4) is 0 Å². The van der Waals surface area contributed by atoms with E-state index >= 15 is 0 Å². The first kappa shape index (κ1) is 21.1. The van der Waals surface area contributed by atoms with E-state index in [9.17, 15) is 18.0 Å². The van der Waals surface area contributed by atoms with Gasteiger partial charge in [-0.2, -0.15) is 4.31 Å². The number of morpholine rings is 1. The summed E-state index contributed by atoms with van der Waals surface area (Å²) >= 11 is 0. The Kier molecular flexibility index (Phi) is 7.52. The molecule has 0 aromatic heterocycles. The molecule has 0 saturated carbocycles. The predicted octanol–water partition coefficient (Wildman–Crippen LogP) is 0.472. The van der Waals surface area contributed by atoms with Crippen molar-refractivity contribution >= 4 is 21.8 Å². The number of rotatable bonds is 8. The lowest BCUT2D eigenvalue weighted by molar-refractivity contribution is -0.128. The lowest BCUT2D eigenvalue weighted by Gasteiger charge is -2.26. The first-order chi connectivity index (χ1) is 12.9. The van der Waals surface area contributed by atoms with E-state index in [-0.39, 0.29) is 16.7 Å². The van der Waals surface area contributed by atoms with Gasteiger partial charge in [-0.3, -0.25) is 9.59 Å². The standard InChI is InChI=1S/C18H25N3O5S/c1-3-9-20(15(2)22)10-8-19-18(23)16-4-6-17(7-5-16)27(24,25)21-11-13-26-14-12-21/h3-7H,1,8-14H2,2H3,(H,19,23). The molecule has 1 aliphatic heterocycles. The summed E-state index contributed by atoms with van der Waals surface area (Å²) in [6, 6.07) is 5.82. The zero-order valence-electron chi connectivity index (χ0n) is 15.4. The number of carbonyl (C=O) groups is 2. The molecule has 0 bridgehead atoms. The maximum absolute atomic E-state index is 12.6. The summed E-state index contributed by atoms with van der Waals surface area (Å²) in [5.74, 6) is -0.422. The van der Waals surface area contributed by atoms with E-state index in [1.54, 1.807) is 11.0 Å². The topological polar surface area (TPSA) is 96.0 Å². The van der Waals surface area contributed by atoms with Crippen LogP contribution in [0.25, 0.3) is 0 Å². The summed E-state index contributed by atoms with van der Waals surface area (Å²) in [7, 11) is -3.58. The maximum Gasteiger partial charge on any atom is 0.251 e. The second-order valence-corrected chi connectivity index (χ2v) is 7.99. The number of hydrogen-bond acceptors (Lipinski definition) is 5. The highest BCUT2D eigenvalue weighted by Gasteiger charge is 2.26. The molecule has 1 aliphatic rings. The van der Waals surface area contributed by atoms with E-state index in [2.05, 4.69) is 11.9 Å². The average Bonchev–Trinajstić information content (AvgIpc) is 2.67. The Bertz CT molecular complexity index is 771. The van der Waals surface area contributed by atoms with Crippen molar-refractivity contribution in [1.29, 1.82) is 0 Å². The molecule has 1 fully saturated rings. The van der Waals surface area contributed by atoms with Gasteiger partial charge in [0.05, 0.1) is 18.1 Å². The number of nitrogens with zero attached hydrogens (tertiary/aromatic N) is 2. The van der Waals surface area contributed by atoms with Gasteiger partial charge in [0.15, 0.2) is 0 Å². The summed E-state index contributed by atoms with van der Waals surface area (Å²) in [5.41, 5.74) is 0.356. The van der Waals surface area contributed by atoms with Crippen molar-refractivity contribution in [2.45, 2.75) is 11.8 Å². The first-order valence-electron chi connectivity index (χ1n) is 8.69. The van der Waals surface area contributed by atoms with Crippen LogP contribution < -0.4 is 5.32 Å². The quantitative estimate of drug-likeness (QED) is 0.646. The molecule has 0 atom stereocenters. The van der Waals surface area contributed by atoms with Crippen molar-refractivity contribution in [3.8, 4) is 0 Å². The van der Waals surface area contributed by atoms with E-state index in [0.29, 0.717) is 51.5 Å². The molecular formula is C18H25N3O5S. The zero-order chi connectivity index (χ0) is 19.9. The summed E-state index contributed by atoms with van der Waals surface area (Å²) in [6.45, 7) is 7.53. The van der Waals surface area contributed by atoms with Crippen molar-refractivity contribution in [2.75, 3.05) is 45.9 Å². The molecule has 0 unspecified atom stereocenters. The van der Waals surface area contributed by atoms with Crippen LogP contribution in [0.5, 0.6) is 0 Å². The third-order valence-electron chi connectivity index (χ3n) is 4.19. The van der Waals surface area contributed by atoms with Gasteiger partial charge in [0, 0.05) is 45.2 Å². The van der Waals surface area contributed by atoms with Crippen LogP contribution in [0.4, 0.5) is 0 Å². The third-order valence-corrected chi connectivity index (χ3v) is 6.10. The minimum Gasteiger partial charge on any atom is -0.379 e. The van der Waals surface area contributed by atoms with Crippen molar-refractivity contribution in [1.82, 2.24) is 14.5 Å². The Hall–Kier alpha value is -2.23. The molecule has 2 amide bonds. The zero-order valence-corrected chi connectivity index (χ0v) is 16.2. The van der Waals surface area contributed by atoms with Crippen molar-refractivity contribution in [2.24, 2.45) is 0 Å². The highest BCUT2D eigenvalue weighted by Crippen LogP contribution is 2.17. The number of nitrogens with one attached hydrogen (secondary N) is 1. The molecule has 2 rings (SSSR count). The van der Waals surface area contributed by atoms with Gasteiger partial charge in [-0.15, -0.1) is 6.58 Å². The van der Waals surface area contributed by atoms with Crippen LogP contribution in [0.15, 0.2) is 41.8 Å². The van der Waals surface area contributed by atoms with Gasteiger partial charge in [0.1, 0.15) is 0 Å². The van der Waals surface area contributed by atoms with Gasteiger partial charge in [-0.1, -0.05) is 6.08 Å². The smallest absolute Gasteiger partial charge is 0.251 e. The third kappa shape index (κ3) is 5.62. The fourth-order valence-electron chi connectivity index (χ4n) is 2.65. The van der Waals surface area contributed by atoms with Crippen molar-refractivity contribution in [3.05, 3.63) is 42.5 Å². The SMILES string of the molecule is C=CCN(CCNC(=O)c1ccc(S(=O)(=O)N2CCOCC2)cc1)C(C)=O. The minimum absolute atomic E-state index is 0.0955. The van der Waals surface area contributed by atoms with Gasteiger partial charge in [0.25, 0.3) is 5.91 Å². The van der Waals surface area contributed by atoms with Crippen LogP contribution >= 0.6 is 0 Å². The summed E-state index contributed by atoms with van der Waals surface area (Å²) in [5, 5.41) is 2.72. The molecule has 1 N–H and O–H groups in total. The van der Waals surface area contributed by atoms with Crippen LogP contribution in [0.2, 0.25) is 0 Å². The second-order valence-electron chi connectivity index (χ2n) is 6.05. The lowest BCUT2D eigenvalue weighted by Crippen LogP contribution is -2.40. The van der Waals surface area contributed by atoms with Crippen LogP contribution in [0.1, 0.15) is 17.3 Å². The van der Waals surface area contributed by atoms with Gasteiger partial charge in [-0.05, 0) is 24.3 Å². The number of ether oxygens (including phenoxy) is 1. The van der Waals surface area contributed by atoms with Gasteiger partial charge in [-0.25, -0.2) is 8.42 Å². The Morgan fingerprint density at radius 2 is 1.89 bits per heavy atom. The molecule has 8 nitrogen and oxygen atoms in total. The van der Waals surface area contributed by atoms with Gasteiger partial charge in [0.2, 0.25) is 15.9 Å². The Balaban J connectivity index is 1.95. The summed E-state index contributed by atoms with van der Waals surface area (Å²) < 4.78 is 31.7. The minimum atomic E-state index is -3.58.